The highest BCUT2D eigenvalue weighted by atomic mass is 15.2. The third kappa shape index (κ3) is 2.82. The van der Waals surface area contributed by atoms with Gasteiger partial charge in [-0.05, 0) is 42.3 Å². The standard InChI is InChI=1S/C24H19N7/c1-15-3-5-25-11-20(15)17-7-19-21(12-27-24(19)26-9-17)16-4-6-31-23(8-16)22(13-29-31)18-10-28-30(2)14-18/h3-14H,1-2H3,(H,26,27). The molecule has 0 amide bonds. The quantitative estimate of drug-likeness (QED) is 0.465. The summed E-state index contributed by atoms with van der Waals surface area (Å²) in [6.45, 7) is 2.09. The predicted molar refractivity (Wildman–Crippen MR) is 120 cm³/mol. The molecule has 0 aromatic carbocycles. The Hall–Kier alpha value is -4.26. The second kappa shape index (κ2) is 6.63. The first-order valence-corrected chi connectivity index (χ1v) is 10.0. The molecule has 0 atom stereocenters. The molecule has 150 valence electrons. The van der Waals surface area contributed by atoms with Crippen LogP contribution in [0.25, 0.3) is 49.9 Å². The highest BCUT2D eigenvalue weighted by Crippen LogP contribution is 2.33. The van der Waals surface area contributed by atoms with Gasteiger partial charge in [-0.2, -0.15) is 10.2 Å². The second-order valence-electron chi connectivity index (χ2n) is 7.72. The van der Waals surface area contributed by atoms with E-state index in [2.05, 4.69) is 50.3 Å². The Morgan fingerprint density at radius 2 is 1.81 bits per heavy atom. The van der Waals surface area contributed by atoms with Crippen LogP contribution in [0.3, 0.4) is 0 Å². The van der Waals surface area contributed by atoms with E-state index in [4.69, 9.17) is 0 Å². The van der Waals surface area contributed by atoms with Crippen molar-refractivity contribution in [3.8, 4) is 33.4 Å². The number of aromatic nitrogens is 7. The monoisotopic (exact) mass is 405 g/mol. The van der Waals surface area contributed by atoms with E-state index >= 15 is 0 Å². The van der Waals surface area contributed by atoms with Crippen molar-refractivity contribution in [3.63, 3.8) is 0 Å². The molecule has 0 aliphatic carbocycles. The largest absolute Gasteiger partial charge is 0.346 e. The lowest BCUT2D eigenvalue weighted by Gasteiger charge is -2.06. The molecule has 0 unspecified atom stereocenters. The summed E-state index contributed by atoms with van der Waals surface area (Å²) in [5.41, 5.74) is 9.53. The molecule has 0 saturated heterocycles. The number of aromatic amines is 1. The summed E-state index contributed by atoms with van der Waals surface area (Å²) in [4.78, 5) is 12.2. The fraction of sp³-hybridized carbons (Fsp3) is 0.0833. The van der Waals surface area contributed by atoms with Gasteiger partial charge in [0.1, 0.15) is 5.65 Å². The highest BCUT2D eigenvalue weighted by Gasteiger charge is 2.13. The van der Waals surface area contributed by atoms with Crippen LogP contribution in [-0.4, -0.2) is 34.3 Å². The van der Waals surface area contributed by atoms with Gasteiger partial charge < -0.3 is 4.98 Å². The number of H-pyrrole nitrogens is 1. The molecular weight excluding hydrogens is 386 g/mol. The molecule has 1 N–H and O–H groups in total. The number of nitrogens with one attached hydrogen (secondary N) is 1. The van der Waals surface area contributed by atoms with Crippen LogP contribution in [0.2, 0.25) is 0 Å². The SMILES string of the molecule is Cc1ccncc1-c1cnc2[nH]cc(-c3ccn4ncc(-c5cnn(C)c5)c4c3)c2c1. The lowest BCUT2D eigenvalue weighted by Crippen LogP contribution is -1.88. The van der Waals surface area contributed by atoms with E-state index in [1.807, 2.05) is 67.2 Å². The van der Waals surface area contributed by atoms with E-state index in [-0.39, 0.29) is 0 Å². The Bertz CT molecular complexity index is 1570. The van der Waals surface area contributed by atoms with Crippen molar-refractivity contribution in [1.82, 2.24) is 34.3 Å². The average molecular weight is 405 g/mol. The summed E-state index contributed by atoms with van der Waals surface area (Å²) < 4.78 is 3.69. The van der Waals surface area contributed by atoms with E-state index in [0.29, 0.717) is 0 Å². The first-order chi connectivity index (χ1) is 15.2. The van der Waals surface area contributed by atoms with Gasteiger partial charge in [-0.25, -0.2) is 9.50 Å². The van der Waals surface area contributed by atoms with Crippen molar-refractivity contribution in [2.75, 3.05) is 0 Å². The number of aryl methyl sites for hydroxylation is 2. The number of fused-ring (bicyclic) bond motifs is 2. The summed E-state index contributed by atoms with van der Waals surface area (Å²) in [6.07, 6.45) is 15.4. The number of hydrogen-bond acceptors (Lipinski definition) is 4. The van der Waals surface area contributed by atoms with Crippen LogP contribution < -0.4 is 0 Å². The first kappa shape index (κ1) is 17.6. The molecule has 6 aromatic rings. The van der Waals surface area contributed by atoms with E-state index in [9.17, 15) is 0 Å². The summed E-state index contributed by atoms with van der Waals surface area (Å²) in [5.74, 6) is 0. The molecule has 0 aliphatic rings. The first-order valence-electron chi connectivity index (χ1n) is 10.0. The zero-order valence-corrected chi connectivity index (χ0v) is 17.1. The third-order valence-corrected chi connectivity index (χ3v) is 5.73. The molecule has 7 nitrogen and oxygen atoms in total. The van der Waals surface area contributed by atoms with Gasteiger partial charge in [-0.1, -0.05) is 0 Å². The van der Waals surface area contributed by atoms with E-state index in [1.165, 1.54) is 5.56 Å². The molecule has 6 rings (SSSR count). The smallest absolute Gasteiger partial charge is 0.137 e. The molecule has 0 fully saturated rings. The molecule has 0 saturated carbocycles. The lowest BCUT2D eigenvalue weighted by molar-refractivity contribution is 0.768. The van der Waals surface area contributed by atoms with Crippen LogP contribution in [-0.2, 0) is 7.05 Å². The van der Waals surface area contributed by atoms with Crippen LogP contribution in [0.5, 0.6) is 0 Å². The number of nitrogens with zero attached hydrogens (tertiary/aromatic N) is 6. The Morgan fingerprint density at radius 1 is 0.871 bits per heavy atom. The van der Waals surface area contributed by atoms with Crippen molar-refractivity contribution < 1.29 is 0 Å². The Balaban J connectivity index is 1.52. The van der Waals surface area contributed by atoms with Crippen LogP contribution in [0.4, 0.5) is 0 Å². The predicted octanol–water partition coefficient (Wildman–Crippen LogP) is 4.65. The molecule has 0 radical (unpaired) electrons. The van der Waals surface area contributed by atoms with Gasteiger partial charge in [0.05, 0.1) is 17.9 Å². The molecule has 0 aliphatic heterocycles. The van der Waals surface area contributed by atoms with Gasteiger partial charge in [-0.15, -0.1) is 0 Å². The van der Waals surface area contributed by atoms with Gasteiger partial charge in [-0.3, -0.25) is 9.67 Å². The fourth-order valence-electron chi connectivity index (χ4n) is 4.09. The van der Waals surface area contributed by atoms with Crippen LogP contribution in [0.1, 0.15) is 5.56 Å². The number of hydrogen-bond donors (Lipinski definition) is 1. The molecule has 6 aromatic heterocycles. The van der Waals surface area contributed by atoms with Crippen LogP contribution >= 0.6 is 0 Å². The molecule has 31 heavy (non-hydrogen) atoms. The highest BCUT2D eigenvalue weighted by molar-refractivity contribution is 5.97. The van der Waals surface area contributed by atoms with Gasteiger partial charge >= 0.3 is 0 Å². The minimum atomic E-state index is 0.862. The van der Waals surface area contributed by atoms with Crippen LogP contribution in [0, 0.1) is 6.92 Å². The minimum absolute atomic E-state index is 0.862. The molecule has 6 heterocycles. The zero-order chi connectivity index (χ0) is 20.9. The Labute approximate surface area is 178 Å². The zero-order valence-electron chi connectivity index (χ0n) is 17.1. The van der Waals surface area contributed by atoms with Crippen molar-refractivity contribution in [2.45, 2.75) is 6.92 Å². The maximum absolute atomic E-state index is 4.65. The maximum Gasteiger partial charge on any atom is 0.137 e. The van der Waals surface area contributed by atoms with Crippen molar-refractivity contribution in [2.24, 2.45) is 7.05 Å². The van der Waals surface area contributed by atoms with Gasteiger partial charge in [0.2, 0.25) is 0 Å². The maximum atomic E-state index is 4.65. The minimum Gasteiger partial charge on any atom is -0.346 e. The second-order valence-corrected chi connectivity index (χ2v) is 7.72. The summed E-state index contributed by atoms with van der Waals surface area (Å²) in [5, 5.41) is 9.88. The molecule has 0 bridgehead atoms. The third-order valence-electron chi connectivity index (χ3n) is 5.73. The van der Waals surface area contributed by atoms with E-state index in [0.717, 1.165) is 49.9 Å². The Kier molecular flexibility index (Phi) is 3.76. The number of rotatable bonds is 3. The lowest BCUT2D eigenvalue weighted by atomic mass is 10.0. The summed E-state index contributed by atoms with van der Waals surface area (Å²) in [6, 6.07) is 8.45. The number of pyridine rings is 3. The summed E-state index contributed by atoms with van der Waals surface area (Å²) in [7, 11) is 1.92. The van der Waals surface area contributed by atoms with Gasteiger partial charge in [0.25, 0.3) is 0 Å². The Morgan fingerprint density at radius 3 is 2.65 bits per heavy atom. The van der Waals surface area contributed by atoms with E-state index in [1.54, 1.807) is 4.68 Å². The normalized spacial score (nSPS) is 11.5. The molecular formula is C24H19N7. The van der Waals surface area contributed by atoms with Gasteiger partial charge in [0.15, 0.2) is 0 Å². The fourth-order valence-corrected chi connectivity index (χ4v) is 4.09. The molecule has 7 heteroatoms. The molecule has 0 spiro atoms. The van der Waals surface area contributed by atoms with Gasteiger partial charge in [0, 0.05) is 77.4 Å². The van der Waals surface area contributed by atoms with E-state index < -0.39 is 0 Å². The average Bonchev–Trinajstić information content (AvgIpc) is 3.50. The van der Waals surface area contributed by atoms with Crippen molar-refractivity contribution in [3.05, 3.63) is 79.4 Å². The topological polar surface area (TPSA) is 76.7 Å². The van der Waals surface area contributed by atoms with Crippen LogP contribution in [0.15, 0.2) is 73.8 Å². The summed E-state index contributed by atoms with van der Waals surface area (Å²) >= 11 is 0. The van der Waals surface area contributed by atoms with Crippen molar-refractivity contribution in [1.29, 1.82) is 0 Å². The van der Waals surface area contributed by atoms with Crippen molar-refractivity contribution >= 4 is 16.6 Å².